The number of furan rings is 1. The standard InChI is InChI=1S/C36H21N2OS/c1-5-17-30-21(9-1)22-11-7-16-29(36(22)39-30)37-25-13-3-4-14-26(25)38-27-19-20-32-34(23-10-2-6-18-31(23)40-32)33(27)24-12-8-15-28(37)35(24)38/h1-20,35H/q+1. The summed E-state index contributed by atoms with van der Waals surface area (Å²) in [6, 6.07) is 37.2. The van der Waals surface area contributed by atoms with E-state index in [1.165, 1.54) is 48.4 Å². The molecule has 0 amide bonds. The molecule has 2 aliphatic heterocycles. The van der Waals surface area contributed by atoms with Crippen molar-refractivity contribution in [1.82, 2.24) is 4.58 Å². The Morgan fingerprint density at radius 2 is 1.48 bits per heavy atom. The van der Waals surface area contributed by atoms with Crippen LogP contribution >= 0.6 is 11.3 Å². The maximum atomic E-state index is 6.55. The van der Waals surface area contributed by atoms with Gasteiger partial charge in [-0.3, -0.25) is 0 Å². The van der Waals surface area contributed by atoms with Crippen molar-refractivity contribution in [2.75, 3.05) is 4.90 Å². The van der Waals surface area contributed by atoms with Gasteiger partial charge in [0.05, 0.1) is 5.69 Å². The summed E-state index contributed by atoms with van der Waals surface area (Å²) in [4.78, 5) is 2.55. The van der Waals surface area contributed by atoms with Crippen molar-refractivity contribution in [2.24, 2.45) is 0 Å². The smallest absolute Gasteiger partial charge is 0.255 e. The van der Waals surface area contributed by atoms with E-state index in [1.807, 2.05) is 17.4 Å². The van der Waals surface area contributed by atoms with E-state index in [4.69, 9.17) is 4.42 Å². The molecule has 5 aromatic carbocycles. The summed E-state index contributed by atoms with van der Waals surface area (Å²) in [7, 11) is 0. The van der Waals surface area contributed by atoms with Gasteiger partial charge in [-0.25, -0.2) is 0 Å². The van der Waals surface area contributed by atoms with E-state index in [0.717, 1.165) is 33.3 Å². The number of para-hydroxylation sites is 4. The lowest BCUT2D eigenvalue weighted by Gasteiger charge is -2.32. The Morgan fingerprint density at radius 3 is 2.45 bits per heavy atom. The molecule has 7 aromatic rings. The second-order valence-electron chi connectivity index (χ2n) is 10.7. The number of thiophene rings is 1. The lowest BCUT2D eigenvalue weighted by Crippen LogP contribution is -2.43. The van der Waals surface area contributed by atoms with Crippen LogP contribution in [0.1, 0.15) is 5.56 Å². The van der Waals surface area contributed by atoms with Crippen molar-refractivity contribution >= 4 is 87.5 Å². The maximum Gasteiger partial charge on any atom is 0.255 e. The second kappa shape index (κ2) is 7.38. The van der Waals surface area contributed by atoms with Gasteiger partial charge >= 0.3 is 0 Å². The van der Waals surface area contributed by atoms with Crippen LogP contribution in [0.25, 0.3) is 47.7 Å². The largest absolute Gasteiger partial charge is 0.449 e. The molecule has 1 atom stereocenters. The van der Waals surface area contributed by atoms with Gasteiger partial charge in [-0.05, 0) is 42.0 Å². The highest BCUT2D eigenvalue weighted by molar-refractivity contribution is 7.25. The van der Waals surface area contributed by atoms with Crippen molar-refractivity contribution in [3.63, 3.8) is 0 Å². The highest BCUT2D eigenvalue weighted by Crippen LogP contribution is 2.56. The zero-order valence-corrected chi connectivity index (χ0v) is 22.2. The fourth-order valence-electron chi connectivity index (χ4n) is 7.16. The van der Waals surface area contributed by atoms with Crippen molar-refractivity contribution in [2.45, 2.75) is 6.04 Å². The number of nitrogens with zero attached hydrogens (tertiary/aromatic N) is 2. The third-order valence-corrected chi connectivity index (χ3v) is 9.85. The van der Waals surface area contributed by atoms with Crippen molar-refractivity contribution in [3.8, 4) is 0 Å². The van der Waals surface area contributed by atoms with Gasteiger partial charge in [0, 0.05) is 54.7 Å². The molecule has 4 heteroatoms. The molecule has 0 saturated carbocycles. The molecule has 10 rings (SSSR count). The lowest BCUT2D eigenvalue weighted by molar-refractivity contribution is 0.666. The van der Waals surface area contributed by atoms with E-state index in [1.54, 1.807) is 0 Å². The van der Waals surface area contributed by atoms with Crippen LogP contribution in [0.2, 0.25) is 0 Å². The van der Waals surface area contributed by atoms with Gasteiger partial charge in [0.25, 0.3) is 5.69 Å². The topological polar surface area (TPSA) is 19.4 Å². The number of benzene rings is 5. The molecule has 2 aromatic heterocycles. The predicted octanol–water partition coefficient (Wildman–Crippen LogP) is 9.72. The van der Waals surface area contributed by atoms with Crippen molar-refractivity contribution in [1.29, 1.82) is 0 Å². The van der Waals surface area contributed by atoms with Crippen LogP contribution in [-0.2, 0) is 0 Å². The molecule has 40 heavy (non-hydrogen) atoms. The van der Waals surface area contributed by atoms with Crippen molar-refractivity contribution < 1.29 is 4.42 Å². The summed E-state index contributed by atoms with van der Waals surface area (Å²) in [5.41, 5.74) is 10.5. The minimum absolute atomic E-state index is 0.0822. The average molecular weight is 530 g/mol. The van der Waals surface area contributed by atoms with Gasteiger partial charge < -0.3 is 9.32 Å². The van der Waals surface area contributed by atoms with Gasteiger partial charge in [0.15, 0.2) is 0 Å². The molecule has 1 aliphatic carbocycles. The Balaban J connectivity index is 1.32. The summed E-state index contributed by atoms with van der Waals surface area (Å²) in [6.07, 6.45) is 6.84. The molecular formula is C36H21N2OS+. The van der Waals surface area contributed by atoms with Crippen LogP contribution in [0.15, 0.2) is 126 Å². The zero-order valence-electron chi connectivity index (χ0n) is 21.3. The number of anilines is 2. The van der Waals surface area contributed by atoms with Gasteiger partial charge in [-0.1, -0.05) is 66.7 Å². The van der Waals surface area contributed by atoms with Gasteiger partial charge in [0.2, 0.25) is 17.0 Å². The summed E-state index contributed by atoms with van der Waals surface area (Å²) < 4.78 is 11.7. The minimum Gasteiger partial charge on any atom is -0.449 e. The van der Waals surface area contributed by atoms with Gasteiger partial charge in [0.1, 0.15) is 17.3 Å². The number of hydrogen-bond donors (Lipinski definition) is 0. The molecule has 186 valence electrons. The van der Waals surface area contributed by atoms with E-state index in [-0.39, 0.29) is 6.04 Å². The number of allylic oxidation sites excluding steroid dienone is 2. The Hall–Kier alpha value is -4.93. The Bertz CT molecular complexity index is 2350. The summed E-state index contributed by atoms with van der Waals surface area (Å²) >= 11 is 1.89. The predicted molar refractivity (Wildman–Crippen MR) is 169 cm³/mol. The zero-order chi connectivity index (χ0) is 25.9. The summed E-state index contributed by atoms with van der Waals surface area (Å²) in [5, 5.41) is 5.01. The van der Waals surface area contributed by atoms with E-state index in [0.29, 0.717) is 0 Å². The quantitative estimate of drug-likeness (QED) is 0.197. The van der Waals surface area contributed by atoms with E-state index < -0.39 is 0 Å². The fourth-order valence-corrected chi connectivity index (χ4v) is 8.27. The van der Waals surface area contributed by atoms with E-state index in [9.17, 15) is 0 Å². The molecule has 0 saturated heterocycles. The molecule has 0 bridgehead atoms. The lowest BCUT2D eigenvalue weighted by atomic mass is 9.90. The van der Waals surface area contributed by atoms with Crippen LogP contribution in [0.4, 0.5) is 22.7 Å². The highest BCUT2D eigenvalue weighted by Gasteiger charge is 2.49. The Morgan fingerprint density at radius 1 is 0.675 bits per heavy atom. The van der Waals surface area contributed by atoms with Crippen LogP contribution < -0.4 is 9.48 Å². The van der Waals surface area contributed by atoms with E-state index in [2.05, 4.69) is 125 Å². The number of rotatable bonds is 1. The average Bonchev–Trinajstić information content (AvgIpc) is 3.68. The van der Waals surface area contributed by atoms with Crippen LogP contribution in [0.3, 0.4) is 0 Å². The maximum absolute atomic E-state index is 6.55. The van der Waals surface area contributed by atoms with Crippen LogP contribution in [0.5, 0.6) is 0 Å². The Kier molecular flexibility index (Phi) is 3.87. The van der Waals surface area contributed by atoms with Crippen molar-refractivity contribution in [3.05, 3.63) is 127 Å². The minimum atomic E-state index is 0.0822. The first-order chi connectivity index (χ1) is 19.9. The SMILES string of the molecule is C1=CC2=[N+](c3cccc4c3oc3ccccc34)c3ccccc3N3c4ccc5sc6ccccc6c5c4C(=C1)C23. The van der Waals surface area contributed by atoms with Gasteiger partial charge in [-0.15, -0.1) is 11.3 Å². The van der Waals surface area contributed by atoms with Gasteiger partial charge in [-0.2, -0.15) is 4.58 Å². The monoisotopic (exact) mass is 529 g/mol. The molecular weight excluding hydrogens is 508 g/mol. The van der Waals surface area contributed by atoms with Crippen LogP contribution in [-0.4, -0.2) is 11.8 Å². The Labute approximate surface area is 233 Å². The second-order valence-corrected chi connectivity index (χ2v) is 11.8. The highest BCUT2D eigenvalue weighted by atomic mass is 32.1. The molecule has 0 N–H and O–H groups in total. The molecule has 3 nitrogen and oxygen atoms in total. The molecule has 0 radical (unpaired) electrons. The molecule has 3 aliphatic rings. The molecule has 0 spiro atoms. The number of hydrogen-bond acceptors (Lipinski definition) is 3. The first kappa shape index (κ1) is 21.0. The van der Waals surface area contributed by atoms with E-state index >= 15 is 0 Å². The first-order valence-corrected chi connectivity index (χ1v) is 14.5. The third-order valence-electron chi connectivity index (χ3n) is 8.71. The third kappa shape index (κ3) is 2.48. The molecule has 4 heterocycles. The molecule has 0 fully saturated rings. The number of fused-ring (bicyclic) bond motifs is 12. The van der Waals surface area contributed by atoms with Crippen LogP contribution in [0, 0.1) is 0 Å². The fraction of sp³-hybridized carbons (Fsp3) is 0.0278. The summed E-state index contributed by atoms with van der Waals surface area (Å²) in [5.74, 6) is 0. The normalized spacial score (nSPS) is 17.1. The summed E-state index contributed by atoms with van der Waals surface area (Å²) in [6.45, 7) is 0. The first-order valence-electron chi connectivity index (χ1n) is 13.7. The molecule has 1 unspecified atom stereocenters.